The van der Waals surface area contributed by atoms with E-state index in [0.717, 1.165) is 72.0 Å². The maximum absolute atomic E-state index is 6.41. The SMILES string of the molecule is c1ccc(-c2ccc(-c3cccc(-c4nc(-c5ccc(-c6ccccc6)cc5)nc(-c5cccc(-c6cccc7c6oc6ccccc67)c5)n4)c3)cc2)cc1. The normalized spacial score (nSPS) is 11.3. The molecule has 0 atom stereocenters. The third-order valence-corrected chi connectivity index (χ3v) is 10.2. The lowest BCUT2D eigenvalue weighted by molar-refractivity contribution is 0.670. The Morgan fingerprint density at radius 3 is 1.29 bits per heavy atom. The van der Waals surface area contributed by atoms with Crippen molar-refractivity contribution < 1.29 is 4.42 Å². The van der Waals surface area contributed by atoms with Crippen molar-refractivity contribution in [3.8, 4) is 78.7 Å². The molecule has 4 heteroatoms. The predicted octanol–water partition coefficient (Wildman–Crippen LogP) is 13.4. The molecule has 0 spiro atoms. The summed E-state index contributed by atoms with van der Waals surface area (Å²) in [5.41, 5.74) is 13.4. The van der Waals surface area contributed by atoms with Gasteiger partial charge in [-0.15, -0.1) is 0 Å². The summed E-state index contributed by atoms with van der Waals surface area (Å²) in [6.07, 6.45) is 0. The molecule has 0 saturated carbocycles. The summed E-state index contributed by atoms with van der Waals surface area (Å²) in [4.78, 5) is 15.3. The van der Waals surface area contributed by atoms with Crippen LogP contribution in [0.15, 0.2) is 205 Å². The summed E-state index contributed by atoms with van der Waals surface area (Å²) in [6, 6.07) is 69.3. The van der Waals surface area contributed by atoms with Gasteiger partial charge in [-0.1, -0.05) is 182 Å². The van der Waals surface area contributed by atoms with Crippen LogP contribution in [0.3, 0.4) is 0 Å². The first kappa shape index (κ1) is 32.2. The van der Waals surface area contributed by atoms with E-state index in [0.29, 0.717) is 17.5 Å². The first-order valence-electron chi connectivity index (χ1n) is 18.4. The summed E-state index contributed by atoms with van der Waals surface area (Å²) in [7, 11) is 0. The molecule has 0 aliphatic rings. The number of hydrogen-bond acceptors (Lipinski definition) is 4. The van der Waals surface area contributed by atoms with E-state index in [-0.39, 0.29) is 0 Å². The fourth-order valence-electron chi connectivity index (χ4n) is 7.33. The molecule has 258 valence electrons. The third kappa shape index (κ3) is 6.26. The van der Waals surface area contributed by atoms with Crippen LogP contribution in [0.2, 0.25) is 0 Å². The van der Waals surface area contributed by atoms with E-state index in [1.807, 2.05) is 30.3 Å². The van der Waals surface area contributed by atoms with Crippen molar-refractivity contribution in [2.45, 2.75) is 0 Å². The molecule has 2 heterocycles. The van der Waals surface area contributed by atoms with Crippen LogP contribution in [-0.2, 0) is 0 Å². The van der Waals surface area contributed by atoms with Crippen LogP contribution < -0.4 is 0 Å². The number of hydrogen-bond donors (Lipinski definition) is 0. The third-order valence-electron chi connectivity index (χ3n) is 10.2. The fraction of sp³-hybridized carbons (Fsp3) is 0. The maximum atomic E-state index is 6.41. The number of fused-ring (bicyclic) bond motifs is 3. The van der Waals surface area contributed by atoms with Gasteiger partial charge in [0.25, 0.3) is 0 Å². The van der Waals surface area contributed by atoms with Gasteiger partial charge in [-0.3, -0.25) is 0 Å². The minimum Gasteiger partial charge on any atom is -0.455 e. The molecule has 0 fully saturated rings. The maximum Gasteiger partial charge on any atom is 0.164 e. The Kier molecular flexibility index (Phi) is 8.12. The molecule has 10 aromatic rings. The number of aromatic nitrogens is 3. The minimum atomic E-state index is 0.600. The molecular formula is C51H33N3O. The van der Waals surface area contributed by atoms with Gasteiger partial charge in [0.1, 0.15) is 11.2 Å². The van der Waals surface area contributed by atoms with Gasteiger partial charge in [0.15, 0.2) is 17.5 Å². The van der Waals surface area contributed by atoms with Crippen LogP contribution in [0.25, 0.3) is 101 Å². The zero-order valence-corrected chi connectivity index (χ0v) is 29.8. The molecule has 0 aliphatic carbocycles. The van der Waals surface area contributed by atoms with Crippen LogP contribution in [0.1, 0.15) is 0 Å². The lowest BCUT2D eigenvalue weighted by Gasteiger charge is -2.11. The van der Waals surface area contributed by atoms with Gasteiger partial charge in [-0.2, -0.15) is 0 Å². The van der Waals surface area contributed by atoms with E-state index in [1.54, 1.807) is 0 Å². The molecule has 0 saturated heterocycles. The Hall–Kier alpha value is -7.43. The van der Waals surface area contributed by atoms with E-state index in [1.165, 1.54) is 11.1 Å². The molecule has 0 unspecified atom stereocenters. The van der Waals surface area contributed by atoms with Gasteiger partial charge in [-0.25, -0.2) is 15.0 Å². The first-order chi connectivity index (χ1) is 27.2. The molecule has 0 amide bonds. The second kappa shape index (κ2) is 13.8. The molecule has 55 heavy (non-hydrogen) atoms. The zero-order chi connectivity index (χ0) is 36.6. The van der Waals surface area contributed by atoms with E-state index in [4.69, 9.17) is 19.4 Å². The molecule has 0 bridgehead atoms. The number of para-hydroxylation sites is 2. The Morgan fingerprint density at radius 1 is 0.273 bits per heavy atom. The number of nitrogens with zero attached hydrogens (tertiary/aromatic N) is 3. The molecule has 4 nitrogen and oxygen atoms in total. The first-order valence-corrected chi connectivity index (χ1v) is 18.4. The van der Waals surface area contributed by atoms with Crippen LogP contribution >= 0.6 is 0 Å². The van der Waals surface area contributed by atoms with Crippen molar-refractivity contribution in [3.63, 3.8) is 0 Å². The highest BCUT2D eigenvalue weighted by atomic mass is 16.3. The number of benzene rings is 8. The highest BCUT2D eigenvalue weighted by molar-refractivity contribution is 6.09. The number of furan rings is 1. The van der Waals surface area contributed by atoms with Crippen molar-refractivity contribution in [1.29, 1.82) is 0 Å². The standard InChI is InChI=1S/C51H33N3O/c1-3-12-34(13-4-1)36-24-26-38(27-25-36)40-16-9-18-42(32-40)50-52-49(39-30-28-37(29-31-39)35-14-5-2-6-15-35)53-51(54-50)43-19-10-17-41(33-43)44-21-11-22-46-45-20-7-8-23-47(45)55-48(44)46/h1-33H. The van der Waals surface area contributed by atoms with E-state index in [2.05, 4.69) is 170 Å². The molecule has 2 aromatic heterocycles. The Labute approximate surface area is 319 Å². The van der Waals surface area contributed by atoms with E-state index >= 15 is 0 Å². The highest BCUT2D eigenvalue weighted by Gasteiger charge is 2.16. The molecular weight excluding hydrogens is 671 g/mol. The van der Waals surface area contributed by atoms with Crippen LogP contribution in [0.4, 0.5) is 0 Å². The summed E-state index contributed by atoms with van der Waals surface area (Å²) in [5, 5.41) is 2.20. The minimum absolute atomic E-state index is 0.600. The van der Waals surface area contributed by atoms with Gasteiger partial charge in [0.05, 0.1) is 0 Å². The molecule has 0 aliphatic heterocycles. The zero-order valence-electron chi connectivity index (χ0n) is 29.8. The molecule has 8 aromatic carbocycles. The van der Waals surface area contributed by atoms with Gasteiger partial charge < -0.3 is 4.42 Å². The van der Waals surface area contributed by atoms with Crippen molar-refractivity contribution in [2.24, 2.45) is 0 Å². The summed E-state index contributed by atoms with van der Waals surface area (Å²) in [5.74, 6) is 1.82. The lowest BCUT2D eigenvalue weighted by atomic mass is 9.99. The molecule has 0 N–H and O–H groups in total. The van der Waals surface area contributed by atoms with E-state index in [9.17, 15) is 0 Å². The summed E-state index contributed by atoms with van der Waals surface area (Å²) < 4.78 is 6.41. The number of rotatable bonds is 7. The summed E-state index contributed by atoms with van der Waals surface area (Å²) >= 11 is 0. The van der Waals surface area contributed by atoms with Gasteiger partial charge in [-0.05, 0) is 57.1 Å². The average Bonchev–Trinajstić information content (AvgIpc) is 3.66. The molecule has 10 rings (SSSR count). The van der Waals surface area contributed by atoms with Crippen LogP contribution in [0.5, 0.6) is 0 Å². The Morgan fingerprint density at radius 2 is 0.673 bits per heavy atom. The summed E-state index contributed by atoms with van der Waals surface area (Å²) in [6.45, 7) is 0. The van der Waals surface area contributed by atoms with Gasteiger partial charge in [0.2, 0.25) is 0 Å². The van der Waals surface area contributed by atoms with Gasteiger partial charge >= 0.3 is 0 Å². The van der Waals surface area contributed by atoms with Crippen molar-refractivity contribution >= 4 is 21.9 Å². The average molecular weight is 704 g/mol. The highest BCUT2D eigenvalue weighted by Crippen LogP contribution is 2.37. The van der Waals surface area contributed by atoms with Crippen molar-refractivity contribution in [2.75, 3.05) is 0 Å². The van der Waals surface area contributed by atoms with Crippen molar-refractivity contribution in [3.05, 3.63) is 200 Å². The van der Waals surface area contributed by atoms with Gasteiger partial charge in [0, 0.05) is 33.0 Å². The Balaban J connectivity index is 1.07. The quantitative estimate of drug-likeness (QED) is 0.166. The second-order valence-corrected chi connectivity index (χ2v) is 13.6. The topological polar surface area (TPSA) is 51.8 Å². The molecule has 0 radical (unpaired) electrons. The predicted molar refractivity (Wildman–Crippen MR) is 225 cm³/mol. The second-order valence-electron chi connectivity index (χ2n) is 13.6. The fourth-order valence-corrected chi connectivity index (χ4v) is 7.33. The van der Waals surface area contributed by atoms with E-state index < -0.39 is 0 Å². The largest absolute Gasteiger partial charge is 0.455 e. The van der Waals surface area contributed by atoms with Crippen molar-refractivity contribution in [1.82, 2.24) is 15.0 Å². The lowest BCUT2D eigenvalue weighted by Crippen LogP contribution is -2.00. The van der Waals surface area contributed by atoms with Crippen LogP contribution in [0, 0.1) is 0 Å². The Bertz CT molecular complexity index is 2950. The van der Waals surface area contributed by atoms with Crippen LogP contribution in [-0.4, -0.2) is 15.0 Å². The smallest absolute Gasteiger partial charge is 0.164 e. The monoisotopic (exact) mass is 703 g/mol.